The number of anilines is 1. The Morgan fingerprint density at radius 3 is 2.89 bits per heavy atom. The fourth-order valence-electron chi connectivity index (χ4n) is 2.14. The number of methoxy groups -OCH3 is 1. The van der Waals surface area contributed by atoms with Gasteiger partial charge >= 0.3 is 5.97 Å². The molecule has 0 spiro atoms. The van der Waals surface area contributed by atoms with E-state index in [1.165, 1.54) is 24.1 Å². The first-order valence-electron chi connectivity index (χ1n) is 5.95. The zero-order valence-corrected chi connectivity index (χ0v) is 10.6. The normalized spacial score (nSPS) is 18.8. The number of carbonyl (C=O) groups excluding carboxylic acids is 2. The molecule has 1 fully saturated rings. The molecular weight excluding hydrogens is 251 g/mol. The second-order valence-electron chi connectivity index (χ2n) is 4.47. The summed E-state index contributed by atoms with van der Waals surface area (Å²) in [7, 11) is 1.25. The van der Waals surface area contributed by atoms with Crippen molar-refractivity contribution in [1.82, 2.24) is 0 Å². The van der Waals surface area contributed by atoms with Gasteiger partial charge in [-0.15, -0.1) is 0 Å². The number of amides is 1. The van der Waals surface area contributed by atoms with Gasteiger partial charge in [-0.05, 0) is 30.7 Å². The largest absolute Gasteiger partial charge is 0.465 e. The Kier molecular flexibility index (Phi) is 3.80. The molecule has 2 rings (SSSR count). The molecule has 102 valence electrons. The van der Waals surface area contributed by atoms with Crippen molar-refractivity contribution in [2.45, 2.75) is 6.42 Å². The van der Waals surface area contributed by atoms with Crippen LogP contribution in [0.1, 0.15) is 16.8 Å². The Labute approximate surface area is 110 Å². The van der Waals surface area contributed by atoms with Crippen molar-refractivity contribution in [3.05, 3.63) is 29.6 Å². The molecule has 1 heterocycles. The average Bonchev–Trinajstić information content (AvgIpc) is 2.79. The predicted octanol–water partition coefficient (Wildman–Crippen LogP) is 0.924. The lowest BCUT2D eigenvalue weighted by Gasteiger charge is -2.18. The van der Waals surface area contributed by atoms with Gasteiger partial charge in [-0.3, -0.25) is 4.79 Å². The second kappa shape index (κ2) is 5.36. The van der Waals surface area contributed by atoms with Crippen LogP contribution in [0.5, 0.6) is 0 Å². The Bertz CT molecular complexity index is 519. The smallest absolute Gasteiger partial charge is 0.337 e. The maximum atomic E-state index is 13.8. The molecule has 1 aromatic rings. The summed E-state index contributed by atoms with van der Waals surface area (Å²) in [5.74, 6) is -1.27. The quantitative estimate of drug-likeness (QED) is 0.826. The number of carbonyl (C=O) groups is 2. The van der Waals surface area contributed by atoms with Crippen LogP contribution in [0.4, 0.5) is 10.1 Å². The average molecular weight is 266 g/mol. The maximum absolute atomic E-state index is 13.8. The highest BCUT2D eigenvalue weighted by Gasteiger charge is 2.31. The number of ether oxygens (including phenoxy) is 1. The Hall–Kier alpha value is -1.95. The van der Waals surface area contributed by atoms with Crippen LogP contribution in [0.3, 0.4) is 0 Å². The summed E-state index contributed by atoms with van der Waals surface area (Å²) in [6, 6.07) is 3.81. The minimum Gasteiger partial charge on any atom is -0.465 e. The number of esters is 1. The topological polar surface area (TPSA) is 72.6 Å². The monoisotopic (exact) mass is 266 g/mol. The van der Waals surface area contributed by atoms with Crippen molar-refractivity contribution in [3.8, 4) is 0 Å². The molecule has 1 aliphatic rings. The first-order chi connectivity index (χ1) is 9.06. The summed E-state index contributed by atoms with van der Waals surface area (Å²) in [5.41, 5.74) is 5.84. The Balaban J connectivity index is 2.34. The Morgan fingerprint density at radius 2 is 2.32 bits per heavy atom. The van der Waals surface area contributed by atoms with E-state index in [1.807, 2.05) is 0 Å². The second-order valence-corrected chi connectivity index (χ2v) is 4.47. The molecule has 0 saturated carbocycles. The lowest BCUT2D eigenvalue weighted by Crippen LogP contribution is -2.27. The van der Waals surface area contributed by atoms with Crippen LogP contribution in [-0.2, 0) is 9.53 Å². The molecule has 0 aromatic heterocycles. The van der Waals surface area contributed by atoms with Gasteiger partial charge in [-0.25, -0.2) is 9.18 Å². The van der Waals surface area contributed by atoms with Crippen molar-refractivity contribution in [1.29, 1.82) is 0 Å². The lowest BCUT2D eigenvalue weighted by atomic mass is 10.1. The molecule has 1 saturated heterocycles. The third-order valence-electron chi connectivity index (χ3n) is 3.20. The van der Waals surface area contributed by atoms with Gasteiger partial charge < -0.3 is 15.4 Å². The molecule has 1 aliphatic heterocycles. The molecule has 0 aliphatic carbocycles. The summed E-state index contributed by atoms with van der Waals surface area (Å²) in [5, 5.41) is 0. The predicted molar refractivity (Wildman–Crippen MR) is 67.3 cm³/mol. The van der Waals surface area contributed by atoms with Crippen LogP contribution in [0.15, 0.2) is 18.2 Å². The first-order valence-corrected chi connectivity index (χ1v) is 5.95. The number of hydrogen-bond donors (Lipinski definition) is 1. The van der Waals surface area contributed by atoms with E-state index in [9.17, 15) is 14.0 Å². The molecule has 1 atom stereocenters. The number of halogens is 1. The van der Waals surface area contributed by atoms with Crippen LogP contribution >= 0.6 is 0 Å². The number of rotatable bonds is 3. The summed E-state index contributed by atoms with van der Waals surface area (Å²) >= 11 is 0. The number of hydrogen-bond acceptors (Lipinski definition) is 4. The molecule has 1 amide bonds. The van der Waals surface area contributed by atoms with Gasteiger partial charge in [0.1, 0.15) is 5.82 Å². The van der Waals surface area contributed by atoms with Gasteiger partial charge in [0, 0.05) is 13.0 Å². The van der Waals surface area contributed by atoms with Crippen molar-refractivity contribution in [2.75, 3.05) is 25.1 Å². The summed E-state index contributed by atoms with van der Waals surface area (Å²) in [4.78, 5) is 24.6. The summed E-state index contributed by atoms with van der Waals surface area (Å²) in [6.45, 7) is 0.747. The van der Waals surface area contributed by atoms with E-state index in [-0.39, 0.29) is 23.1 Å². The van der Waals surface area contributed by atoms with E-state index >= 15 is 0 Å². The fourth-order valence-corrected chi connectivity index (χ4v) is 2.14. The van der Waals surface area contributed by atoms with Crippen LogP contribution in [0, 0.1) is 11.7 Å². The molecular formula is C13H15FN2O3. The minimum atomic E-state index is -0.566. The highest BCUT2D eigenvalue weighted by molar-refractivity contribution is 5.98. The minimum absolute atomic E-state index is 0.0219. The number of benzene rings is 1. The van der Waals surface area contributed by atoms with Crippen LogP contribution in [0.25, 0.3) is 0 Å². The molecule has 0 bridgehead atoms. The molecule has 1 unspecified atom stereocenters. The van der Waals surface area contributed by atoms with Gasteiger partial charge in [0.15, 0.2) is 0 Å². The third-order valence-corrected chi connectivity index (χ3v) is 3.20. The molecule has 2 N–H and O–H groups in total. The van der Waals surface area contributed by atoms with E-state index in [1.54, 1.807) is 0 Å². The molecule has 6 heteroatoms. The number of nitrogens with two attached hydrogens (primary N) is 1. The summed E-state index contributed by atoms with van der Waals surface area (Å²) in [6.07, 6.45) is 0.304. The first kappa shape index (κ1) is 13.5. The SMILES string of the molecule is COC(=O)c1ccc(F)c(N2CC(CN)CC2=O)c1. The van der Waals surface area contributed by atoms with Crippen molar-refractivity contribution < 1.29 is 18.7 Å². The van der Waals surface area contributed by atoms with Gasteiger partial charge in [0.2, 0.25) is 5.91 Å². The molecule has 5 nitrogen and oxygen atoms in total. The van der Waals surface area contributed by atoms with Crippen LogP contribution < -0.4 is 10.6 Å². The van der Waals surface area contributed by atoms with E-state index in [2.05, 4.69) is 4.74 Å². The third kappa shape index (κ3) is 2.58. The van der Waals surface area contributed by atoms with Gasteiger partial charge in [-0.1, -0.05) is 0 Å². The van der Waals surface area contributed by atoms with E-state index < -0.39 is 11.8 Å². The standard InChI is InChI=1S/C13H15FN2O3/c1-19-13(18)9-2-3-10(14)11(5-9)16-7-8(6-15)4-12(16)17/h2-3,5,8H,4,6-7,15H2,1H3. The highest BCUT2D eigenvalue weighted by atomic mass is 19.1. The van der Waals surface area contributed by atoms with Crippen LogP contribution in [-0.4, -0.2) is 32.1 Å². The van der Waals surface area contributed by atoms with E-state index in [0.717, 1.165) is 6.07 Å². The number of nitrogens with zero attached hydrogens (tertiary/aromatic N) is 1. The zero-order valence-electron chi connectivity index (χ0n) is 10.6. The molecule has 0 radical (unpaired) electrons. The maximum Gasteiger partial charge on any atom is 0.337 e. The molecule has 19 heavy (non-hydrogen) atoms. The van der Waals surface area contributed by atoms with Crippen molar-refractivity contribution in [2.24, 2.45) is 11.7 Å². The van der Waals surface area contributed by atoms with Crippen molar-refractivity contribution in [3.63, 3.8) is 0 Å². The van der Waals surface area contributed by atoms with E-state index in [0.29, 0.717) is 19.5 Å². The van der Waals surface area contributed by atoms with Crippen molar-refractivity contribution >= 4 is 17.6 Å². The van der Waals surface area contributed by atoms with Gasteiger partial charge in [0.05, 0.1) is 18.4 Å². The lowest BCUT2D eigenvalue weighted by molar-refractivity contribution is -0.117. The van der Waals surface area contributed by atoms with Gasteiger partial charge in [0.25, 0.3) is 0 Å². The Morgan fingerprint density at radius 1 is 1.58 bits per heavy atom. The van der Waals surface area contributed by atoms with Crippen LogP contribution in [0.2, 0.25) is 0 Å². The molecule has 1 aromatic carbocycles. The zero-order chi connectivity index (χ0) is 14.0. The fraction of sp³-hybridized carbons (Fsp3) is 0.385. The van der Waals surface area contributed by atoms with Gasteiger partial charge in [-0.2, -0.15) is 0 Å². The summed E-state index contributed by atoms with van der Waals surface area (Å²) < 4.78 is 18.4. The van der Waals surface area contributed by atoms with E-state index in [4.69, 9.17) is 5.73 Å². The highest BCUT2D eigenvalue weighted by Crippen LogP contribution is 2.28.